The van der Waals surface area contributed by atoms with Crippen LogP contribution in [0.3, 0.4) is 0 Å². The first-order valence-electron chi connectivity index (χ1n) is 3.48. The van der Waals surface area contributed by atoms with Crippen LogP contribution < -0.4 is 11.1 Å². The van der Waals surface area contributed by atoms with Gasteiger partial charge in [-0.1, -0.05) is 0 Å². The van der Waals surface area contributed by atoms with Crippen LogP contribution in [0.5, 0.6) is 0 Å². The summed E-state index contributed by atoms with van der Waals surface area (Å²) < 4.78 is 4.77. The van der Waals surface area contributed by atoms with Crippen molar-refractivity contribution in [2.45, 2.75) is 20.0 Å². The van der Waals surface area contributed by atoms with E-state index in [0.717, 1.165) is 0 Å². The molecule has 0 unspecified atom stereocenters. The number of rotatable bonds is 3. The fourth-order valence-electron chi connectivity index (χ4n) is 0.466. The zero-order valence-corrected chi connectivity index (χ0v) is 6.83. The van der Waals surface area contributed by atoms with Crippen LogP contribution in [0.15, 0.2) is 12.3 Å². The van der Waals surface area contributed by atoms with E-state index in [-0.39, 0.29) is 6.10 Å². The molecule has 0 aliphatic rings. The molecule has 0 heterocycles. The van der Waals surface area contributed by atoms with E-state index in [1.54, 1.807) is 19.9 Å². The molecule has 0 bridgehead atoms. The number of amides is 1. The summed E-state index contributed by atoms with van der Waals surface area (Å²) >= 11 is 0. The van der Waals surface area contributed by atoms with Crippen LogP contribution in [0.2, 0.25) is 0 Å². The monoisotopic (exact) mass is 158 g/mol. The first kappa shape index (κ1) is 9.81. The molecule has 1 amide bonds. The summed E-state index contributed by atoms with van der Waals surface area (Å²) in [5.41, 5.74) is 5.04. The molecular weight excluding hydrogens is 144 g/mol. The predicted molar refractivity (Wildman–Crippen MR) is 42.9 cm³/mol. The lowest BCUT2D eigenvalue weighted by Gasteiger charge is -2.07. The van der Waals surface area contributed by atoms with Crippen LogP contribution in [0.4, 0.5) is 4.79 Å². The molecule has 0 spiro atoms. The SMILES string of the molecule is CC(C)OC(=O)NC/C=C/N. The van der Waals surface area contributed by atoms with E-state index < -0.39 is 6.09 Å². The minimum absolute atomic E-state index is 0.0862. The Hall–Kier alpha value is -1.19. The van der Waals surface area contributed by atoms with E-state index >= 15 is 0 Å². The van der Waals surface area contributed by atoms with Crippen molar-refractivity contribution in [1.29, 1.82) is 0 Å². The molecule has 0 rings (SSSR count). The third-order valence-electron chi connectivity index (χ3n) is 0.843. The number of nitrogens with two attached hydrogens (primary N) is 1. The minimum Gasteiger partial charge on any atom is -0.447 e. The Kier molecular flexibility index (Phi) is 4.98. The zero-order valence-electron chi connectivity index (χ0n) is 6.83. The van der Waals surface area contributed by atoms with Crippen molar-refractivity contribution in [3.63, 3.8) is 0 Å². The van der Waals surface area contributed by atoms with Crippen LogP contribution in [0, 0.1) is 0 Å². The Bertz CT molecular complexity index is 143. The second-order valence-corrected chi connectivity index (χ2v) is 2.26. The van der Waals surface area contributed by atoms with Gasteiger partial charge in [0.25, 0.3) is 0 Å². The molecule has 0 aromatic rings. The molecule has 0 aromatic carbocycles. The second kappa shape index (κ2) is 5.58. The van der Waals surface area contributed by atoms with Gasteiger partial charge in [0, 0.05) is 6.54 Å². The molecule has 64 valence electrons. The molecule has 0 aliphatic carbocycles. The van der Waals surface area contributed by atoms with Crippen molar-refractivity contribution in [3.05, 3.63) is 12.3 Å². The molecule has 4 nitrogen and oxygen atoms in total. The highest BCUT2D eigenvalue weighted by Gasteiger charge is 2.00. The standard InChI is InChI=1S/C7H14N2O2/c1-6(2)11-7(10)9-5-3-4-8/h3-4,6H,5,8H2,1-2H3,(H,9,10)/b4-3+. The number of hydrogen-bond donors (Lipinski definition) is 2. The average molecular weight is 158 g/mol. The van der Waals surface area contributed by atoms with E-state index in [4.69, 9.17) is 10.5 Å². The van der Waals surface area contributed by atoms with Crippen LogP contribution in [-0.2, 0) is 4.74 Å². The summed E-state index contributed by atoms with van der Waals surface area (Å²) in [6.45, 7) is 3.98. The number of ether oxygens (including phenoxy) is 1. The highest BCUT2D eigenvalue weighted by atomic mass is 16.6. The summed E-state index contributed by atoms with van der Waals surface area (Å²) in [6, 6.07) is 0. The maximum atomic E-state index is 10.7. The Morgan fingerprint density at radius 2 is 2.36 bits per heavy atom. The molecule has 0 aliphatic heterocycles. The third-order valence-corrected chi connectivity index (χ3v) is 0.843. The Balaban J connectivity index is 3.37. The van der Waals surface area contributed by atoms with Crippen LogP contribution in [0.1, 0.15) is 13.8 Å². The Morgan fingerprint density at radius 1 is 1.73 bits per heavy atom. The van der Waals surface area contributed by atoms with Gasteiger partial charge in [-0.15, -0.1) is 0 Å². The van der Waals surface area contributed by atoms with Gasteiger partial charge in [-0.05, 0) is 26.1 Å². The van der Waals surface area contributed by atoms with Crippen molar-refractivity contribution in [3.8, 4) is 0 Å². The van der Waals surface area contributed by atoms with E-state index in [0.29, 0.717) is 6.54 Å². The molecule has 0 saturated heterocycles. The number of carbonyl (C=O) groups is 1. The van der Waals surface area contributed by atoms with Crippen molar-refractivity contribution >= 4 is 6.09 Å². The van der Waals surface area contributed by atoms with E-state index in [1.165, 1.54) is 6.20 Å². The zero-order chi connectivity index (χ0) is 8.69. The normalized spacial score (nSPS) is 10.5. The van der Waals surface area contributed by atoms with Crippen molar-refractivity contribution < 1.29 is 9.53 Å². The van der Waals surface area contributed by atoms with E-state index in [2.05, 4.69) is 5.32 Å². The first-order chi connectivity index (χ1) is 5.16. The smallest absolute Gasteiger partial charge is 0.407 e. The van der Waals surface area contributed by atoms with Gasteiger partial charge in [-0.3, -0.25) is 0 Å². The lowest BCUT2D eigenvalue weighted by molar-refractivity contribution is 0.116. The lowest BCUT2D eigenvalue weighted by Crippen LogP contribution is -2.26. The predicted octanol–water partition coefficient (Wildman–Crippen LogP) is 0.593. The third kappa shape index (κ3) is 6.70. The number of nitrogens with one attached hydrogen (secondary N) is 1. The van der Waals surface area contributed by atoms with Gasteiger partial charge >= 0.3 is 6.09 Å². The summed E-state index contributed by atoms with van der Waals surface area (Å²) in [4.78, 5) is 10.7. The Labute approximate surface area is 66.4 Å². The lowest BCUT2D eigenvalue weighted by atomic mass is 10.5. The van der Waals surface area contributed by atoms with Gasteiger partial charge in [0.2, 0.25) is 0 Å². The highest BCUT2D eigenvalue weighted by Crippen LogP contribution is 1.87. The van der Waals surface area contributed by atoms with E-state index in [9.17, 15) is 4.79 Å². The largest absolute Gasteiger partial charge is 0.447 e. The van der Waals surface area contributed by atoms with Crippen molar-refractivity contribution in [1.82, 2.24) is 5.32 Å². The maximum absolute atomic E-state index is 10.7. The minimum atomic E-state index is -0.418. The van der Waals surface area contributed by atoms with Crippen LogP contribution in [-0.4, -0.2) is 18.7 Å². The molecule has 11 heavy (non-hydrogen) atoms. The Morgan fingerprint density at radius 3 is 2.82 bits per heavy atom. The fourth-order valence-corrected chi connectivity index (χ4v) is 0.466. The maximum Gasteiger partial charge on any atom is 0.407 e. The van der Waals surface area contributed by atoms with E-state index in [1.807, 2.05) is 0 Å². The summed E-state index contributed by atoms with van der Waals surface area (Å²) in [7, 11) is 0. The van der Waals surface area contributed by atoms with Crippen LogP contribution >= 0.6 is 0 Å². The van der Waals surface area contributed by atoms with Gasteiger partial charge in [0.15, 0.2) is 0 Å². The first-order valence-corrected chi connectivity index (χ1v) is 3.48. The van der Waals surface area contributed by atoms with Crippen molar-refractivity contribution in [2.75, 3.05) is 6.54 Å². The summed E-state index contributed by atoms with van der Waals surface area (Å²) in [5.74, 6) is 0. The summed E-state index contributed by atoms with van der Waals surface area (Å²) in [6.07, 6.45) is 2.49. The quantitative estimate of drug-likeness (QED) is 0.632. The summed E-state index contributed by atoms with van der Waals surface area (Å²) in [5, 5.41) is 2.49. The molecule has 0 radical (unpaired) electrons. The van der Waals surface area contributed by atoms with Gasteiger partial charge in [0.1, 0.15) is 0 Å². The molecule has 0 aromatic heterocycles. The molecule has 0 saturated carbocycles. The van der Waals surface area contributed by atoms with Gasteiger partial charge in [-0.2, -0.15) is 0 Å². The number of alkyl carbamates (subject to hydrolysis) is 1. The highest BCUT2D eigenvalue weighted by molar-refractivity contribution is 5.67. The molecule has 3 N–H and O–H groups in total. The topological polar surface area (TPSA) is 64.3 Å². The number of hydrogen-bond acceptors (Lipinski definition) is 3. The average Bonchev–Trinajstić information content (AvgIpc) is 1.86. The molecule has 0 atom stereocenters. The fraction of sp³-hybridized carbons (Fsp3) is 0.571. The number of carbonyl (C=O) groups excluding carboxylic acids is 1. The molecular formula is C7H14N2O2. The second-order valence-electron chi connectivity index (χ2n) is 2.26. The van der Waals surface area contributed by atoms with Gasteiger partial charge in [-0.25, -0.2) is 4.79 Å². The van der Waals surface area contributed by atoms with Crippen LogP contribution in [0.25, 0.3) is 0 Å². The van der Waals surface area contributed by atoms with Gasteiger partial charge in [0.05, 0.1) is 6.10 Å². The molecule has 0 fully saturated rings. The van der Waals surface area contributed by atoms with Crippen molar-refractivity contribution in [2.24, 2.45) is 5.73 Å². The van der Waals surface area contributed by atoms with Gasteiger partial charge < -0.3 is 15.8 Å². The molecule has 4 heteroatoms.